The molecular weight excluding hydrogens is 232 g/mol. The maximum Gasteiger partial charge on any atom is 0.190 e. The smallest absolute Gasteiger partial charge is 0.190 e. The number of rotatable bonds is 0. The number of aromatic nitrogens is 4. The lowest BCUT2D eigenvalue weighted by atomic mass is 9.74. The van der Waals surface area contributed by atoms with Crippen molar-refractivity contribution in [3.8, 4) is 0 Å². The number of carbonyl (C=O) groups is 2. The van der Waals surface area contributed by atoms with Gasteiger partial charge in [0.05, 0.1) is 5.57 Å². The number of allylic oxidation sites excluding steroid dienone is 4. The average molecular weight is 244 g/mol. The minimum Gasteiger partial charge on any atom is -0.290 e. The van der Waals surface area contributed by atoms with E-state index in [1.165, 1.54) is 12.2 Å². The van der Waals surface area contributed by atoms with Gasteiger partial charge in [-0.05, 0) is 34.4 Å². The van der Waals surface area contributed by atoms with Crippen LogP contribution in [0.25, 0.3) is 5.57 Å². The van der Waals surface area contributed by atoms with Gasteiger partial charge in [0.15, 0.2) is 17.4 Å². The van der Waals surface area contributed by atoms with Crippen molar-refractivity contribution < 1.29 is 9.59 Å². The molecule has 0 spiro atoms. The topological polar surface area (TPSA) is 77.7 Å². The van der Waals surface area contributed by atoms with Crippen LogP contribution < -0.4 is 0 Å². The zero-order chi connectivity index (χ0) is 12.9. The molecule has 0 atom stereocenters. The van der Waals surface area contributed by atoms with Crippen LogP contribution in [0.5, 0.6) is 0 Å². The average Bonchev–Trinajstić information content (AvgIpc) is 2.73. The number of aryl methyl sites for hydroxylation is 1. The van der Waals surface area contributed by atoms with E-state index in [0.717, 1.165) is 6.42 Å². The fraction of sp³-hybridized carbons (Fsp3) is 0.417. The van der Waals surface area contributed by atoms with Crippen LogP contribution in [0.4, 0.5) is 0 Å². The molecule has 3 rings (SSSR count). The second-order valence-corrected chi connectivity index (χ2v) is 5.17. The third-order valence-corrected chi connectivity index (χ3v) is 3.51. The second-order valence-electron chi connectivity index (χ2n) is 5.17. The van der Waals surface area contributed by atoms with Gasteiger partial charge in [-0.3, -0.25) is 9.59 Å². The number of hydrogen-bond donors (Lipinski definition) is 0. The Kier molecular flexibility index (Phi) is 2.10. The Morgan fingerprint density at radius 2 is 1.94 bits per heavy atom. The zero-order valence-corrected chi connectivity index (χ0v) is 10.2. The first kappa shape index (κ1) is 11.0. The van der Waals surface area contributed by atoms with Crippen molar-refractivity contribution in [3.05, 3.63) is 23.5 Å². The van der Waals surface area contributed by atoms with E-state index in [2.05, 4.69) is 15.5 Å². The number of ketones is 2. The van der Waals surface area contributed by atoms with Gasteiger partial charge < -0.3 is 0 Å². The molecule has 0 aromatic carbocycles. The zero-order valence-electron chi connectivity index (χ0n) is 10.2. The highest BCUT2D eigenvalue weighted by Gasteiger charge is 2.39. The quantitative estimate of drug-likeness (QED) is 0.623. The first-order valence-electron chi connectivity index (χ1n) is 5.79. The van der Waals surface area contributed by atoms with Gasteiger partial charge in [-0.15, -0.1) is 5.10 Å². The number of fused-ring (bicyclic) bond motifs is 2. The van der Waals surface area contributed by atoms with E-state index < -0.39 is 0 Å². The SMILES string of the molecule is CC1(C)CCn2nnnc2C2=C1C(=O)C=CC2=O. The summed E-state index contributed by atoms with van der Waals surface area (Å²) in [5, 5.41) is 11.3. The molecule has 2 heterocycles. The van der Waals surface area contributed by atoms with Gasteiger partial charge in [0.2, 0.25) is 0 Å². The molecule has 6 heteroatoms. The van der Waals surface area contributed by atoms with E-state index >= 15 is 0 Å². The highest BCUT2D eigenvalue weighted by atomic mass is 16.1. The summed E-state index contributed by atoms with van der Waals surface area (Å²) in [4.78, 5) is 24.2. The molecule has 0 N–H and O–H groups in total. The van der Waals surface area contributed by atoms with Gasteiger partial charge in [-0.2, -0.15) is 0 Å². The molecule has 0 unspecified atom stereocenters. The van der Waals surface area contributed by atoms with Gasteiger partial charge >= 0.3 is 0 Å². The van der Waals surface area contributed by atoms with Crippen LogP contribution in [-0.4, -0.2) is 31.8 Å². The van der Waals surface area contributed by atoms with Crippen molar-refractivity contribution in [2.45, 2.75) is 26.8 Å². The van der Waals surface area contributed by atoms with Crippen molar-refractivity contribution in [3.63, 3.8) is 0 Å². The van der Waals surface area contributed by atoms with Crippen molar-refractivity contribution in [2.24, 2.45) is 5.41 Å². The summed E-state index contributed by atoms with van der Waals surface area (Å²) in [6.45, 7) is 4.53. The van der Waals surface area contributed by atoms with E-state index in [-0.39, 0.29) is 17.0 Å². The Bertz CT molecular complexity index is 622. The minimum absolute atomic E-state index is 0.119. The molecule has 1 aliphatic carbocycles. The first-order valence-corrected chi connectivity index (χ1v) is 5.79. The summed E-state index contributed by atoms with van der Waals surface area (Å²) in [7, 11) is 0. The fourth-order valence-electron chi connectivity index (χ4n) is 2.50. The van der Waals surface area contributed by atoms with Crippen molar-refractivity contribution in [1.82, 2.24) is 20.2 Å². The highest BCUT2D eigenvalue weighted by molar-refractivity contribution is 6.35. The fourth-order valence-corrected chi connectivity index (χ4v) is 2.50. The number of carbonyl (C=O) groups excluding carboxylic acids is 2. The van der Waals surface area contributed by atoms with E-state index in [1.807, 2.05) is 13.8 Å². The molecule has 1 aromatic heterocycles. The van der Waals surface area contributed by atoms with Crippen LogP contribution in [0.15, 0.2) is 17.7 Å². The van der Waals surface area contributed by atoms with Crippen molar-refractivity contribution in [2.75, 3.05) is 0 Å². The highest BCUT2D eigenvalue weighted by Crippen LogP contribution is 2.40. The summed E-state index contributed by atoms with van der Waals surface area (Å²) in [6, 6.07) is 0. The lowest BCUT2D eigenvalue weighted by Crippen LogP contribution is -2.25. The van der Waals surface area contributed by atoms with Crippen LogP contribution >= 0.6 is 0 Å². The van der Waals surface area contributed by atoms with E-state index in [0.29, 0.717) is 23.5 Å². The lowest BCUT2D eigenvalue weighted by molar-refractivity contribution is -0.114. The molecule has 0 saturated carbocycles. The second kappa shape index (κ2) is 3.44. The molecule has 0 radical (unpaired) electrons. The molecular formula is C12H12N4O2. The molecule has 0 fully saturated rings. The van der Waals surface area contributed by atoms with Crippen molar-refractivity contribution >= 4 is 17.1 Å². The Balaban J connectivity index is 2.33. The van der Waals surface area contributed by atoms with Crippen LogP contribution in [0.1, 0.15) is 26.1 Å². The standard InChI is InChI=1S/C12H12N4O2/c1-12(2)5-6-16-11(13-14-15-16)9-7(17)3-4-8(18)10(9)12/h3-4H,5-6H2,1-2H3. The summed E-state index contributed by atoms with van der Waals surface area (Å²) in [6.07, 6.45) is 3.35. The van der Waals surface area contributed by atoms with Gasteiger partial charge in [0.25, 0.3) is 0 Å². The molecule has 18 heavy (non-hydrogen) atoms. The van der Waals surface area contributed by atoms with Gasteiger partial charge in [-0.25, -0.2) is 4.68 Å². The predicted octanol–water partition coefficient (Wildman–Crippen LogP) is 0.565. The Labute approximate surface area is 103 Å². The Morgan fingerprint density at radius 3 is 2.72 bits per heavy atom. The van der Waals surface area contributed by atoms with E-state index in [4.69, 9.17) is 0 Å². The number of hydrogen-bond acceptors (Lipinski definition) is 5. The number of tetrazole rings is 1. The molecule has 0 saturated heterocycles. The molecule has 92 valence electrons. The summed E-state index contributed by atoms with van der Waals surface area (Å²) < 4.78 is 1.59. The summed E-state index contributed by atoms with van der Waals surface area (Å²) >= 11 is 0. The van der Waals surface area contributed by atoms with E-state index in [9.17, 15) is 9.59 Å². The van der Waals surface area contributed by atoms with Crippen LogP contribution in [0.3, 0.4) is 0 Å². The molecule has 0 bridgehead atoms. The van der Waals surface area contributed by atoms with Crippen LogP contribution in [0.2, 0.25) is 0 Å². The predicted molar refractivity (Wildman–Crippen MR) is 62.3 cm³/mol. The van der Waals surface area contributed by atoms with Crippen LogP contribution in [-0.2, 0) is 16.1 Å². The molecule has 6 nitrogen and oxygen atoms in total. The monoisotopic (exact) mass is 244 g/mol. The first-order chi connectivity index (χ1) is 8.50. The molecule has 1 aromatic rings. The maximum atomic E-state index is 12.1. The number of nitrogens with zero attached hydrogens (tertiary/aromatic N) is 4. The minimum atomic E-state index is -0.366. The van der Waals surface area contributed by atoms with Gasteiger partial charge in [-0.1, -0.05) is 13.8 Å². The van der Waals surface area contributed by atoms with Gasteiger partial charge in [0, 0.05) is 12.1 Å². The Morgan fingerprint density at radius 1 is 1.22 bits per heavy atom. The summed E-state index contributed by atoms with van der Waals surface area (Å²) in [5.74, 6) is 0.0833. The third kappa shape index (κ3) is 1.38. The maximum absolute atomic E-state index is 12.1. The molecule has 1 aliphatic heterocycles. The third-order valence-electron chi connectivity index (χ3n) is 3.51. The normalized spacial score (nSPS) is 21.7. The molecule has 0 amide bonds. The van der Waals surface area contributed by atoms with Gasteiger partial charge in [0.1, 0.15) is 0 Å². The van der Waals surface area contributed by atoms with Crippen LogP contribution in [0, 0.1) is 5.41 Å². The lowest BCUT2D eigenvalue weighted by Gasteiger charge is -2.27. The largest absolute Gasteiger partial charge is 0.290 e. The Hall–Kier alpha value is -2.11. The van der Waals surface area contributed by atoms with E-state index in [1.54, 1.807) is 4.68 Å². The summed E-state index contributed by atoms with van der Waals surface area (Å²) in [5.41, 5.74) is 0.522. The van der Waals surface area contributed by atoms with Crippen molar-refractivity contribution in [1.29, 1.82) is 0 Å². The molecule has 2 aliphatic rings.